The summed E-state index contributed by atoms with van der Waals surface area (Å²) in [5.74, 6) is 0.516. The van der Waals surface area contributed by atoms with Gasteiger partial charge in [-0.15, -0.1) is 0 Å². The maximum atomic E-state index is 13.1. The minimum Gasteiger partial charge on any atom is -0.336 e. The van der Waals surface area contributed by atoms with Gasteiger partial charge in [0.1, 0.15) is 0 Å². The standard InChI is InChI=1S/C18H24N4O/c1-12-16(18(23)22(10-8-19)11-9-20)14-4-2-3-5-15(14)21-17(12)13-6-7-13/h2-5,13H,6-11,19-20H2,1H3. The molecule has 1 aliphatic carbocycles. The fourth-order valence-electron chi connectivity index (χ4n) is 3.14. The summed E-state index contributed by atoms with van der Waals surface area (Å²) in [5.41, 5.74) is 15.1. The quantitative estimate of drug-likeness (QED) is 0.851. The van der Waals surface area contributed by atoms with Crippen molar-refractivity contribution in [2.75, 3.05) is 26.2 Å². The van der Waals surface area contributed by atoms with E-state index in [1.807, 2.05) is 31.2 Å². The Morgan fingerprint density at radius 2 is 1.87 bits per heavy atom. The fraction of sp³-hybridized carbons (Fsp3) is 0.444. The van der Waals surface area contributed by atoms with Gasteiger partial charge in [0.05, 0.1) is 11.1 Å². The molecule has 0 unspecified atom stereocenters. The number of benzene rings is 1. The smallest absolute Gasteiger partial charge is 0.254 e. The maximum Gasteiger partial charge on any atom is 0.254 e. The Labute approximate surface area is 136 Å². The summed E-state index contributed by atoms with van der Waals surface area (Å²) in [6, 6.07) is 7.87. The van der Waals surface area contributed by atoms with Gasteiger partial charge in [0.2, 0.25) is 0 Å². The summed E-state index contributed by atoms with van der Waals surface area (Å²) in [6.07, 6.45) is 2.32. The van der Waals surface area contributed by atoms with Crippen LogP contribution in [0.15, 0.2) is 24.3 Å². The van der Waals surface area contributed by atoms with Crippen LogP contribution in [-0.2, 0) is 0 Å². The maximum absolute atomic E-state index is 13.1. The first kappa shape index (κ1) is 15.9. The first-order valence-corrected chi connectivity index (χ1v) is 8.26. The SMILES string of the molecule is Cc1c(C2CC2)nc2ccccc2c1C(=O)N(CCN)CCN. The van der Waals surface area contributed by atoms with Crippen LogP contribution in [0.2, 0.25) is 0 Å². The van der Waals surface area contributed by atoms with Crippen molar-refractivity contribution < 1.29 is 4.79 Å². The number of hydrogen-bond acceptors (Lipinski definition) is 4. The van der Waals surface area contributed by atoms with Crippen molar-refractivity contribution in [1.29, 1.82) is 0 Å². The number of carbonyl (C=O) groups is 1. The van der Waals surface area contributed by atoms with Gasteiger partial charge in [-0.3, -0.25) is 9.78 Å². The van der Waals surface area contributed by atoms with Gasteiger partial charge in [-0.2, -0.15) is 0 Å². The van der Waals surface area contributed by atoms with Crippen molar-refractivity contribution in [2.45, 2.75) is 25.7 Å². The molecule has 0 bridgehead atoms. The molecule has 1 amide bonds. The van der Waals surface area contributed by atoms with Gasteiger partial charge in [0.15, 0.2) is 0 Å². The second-order valence-electron chi connectivity index (χ2n) is 6.16. The normalized spacial score (nSPS) is 14.2. The lowest BCUT2D eigenvalue weighted by Crippen LogP contribution is -2.39. The minimum atomic E-state index is 0.0129. The van der Waals surface area contributed by atoms with Crippen molar-refractivity contribution in [3.63, 3.8) is 0 Å². The Kier molecular flexibility index (Phi) is 4.59. The number of hydrogen-bond donors (Lipinski definition) is 2. The number of para-hydroxylation sites is 1. The van der Waals surface area contributed by atoms with Crippen LogP contribution < -0.4 is 11.5 Å². The van der Waals surface area contributed by atoms with Crippen molar-refractivity contribution in [1.82, 2.24) is 9.88 Å². The molecule has 2 aromatic rings. The number of fused-ring (bicyclic) bond motifs is 1. The highest BCUT2D eigenvalue weighted by Gasteiger charge is 2.30. The van der Waals surface area contributed by atoms with Gasteiger partial charge >= 0.3 is 0 Å². The van der Waals surface area contributed by atoms with Gasteiger partial charge in [-0.1, -0.05) is 18.2 Å². The molecule has 122 valence electrons. The summed E-state index contributed by atoms with van der Waals surface area (Å²) in [6.45, 7) is 3.92. The van der Waals surface area contributed by atoms with E-state index in [9.17, 15) is 4.79 Å². The van der Waals surface area contributed by atoms with Gasteiger partial charge < -0.3 is 16.4 Å². The lowest BCUT2D eigenvalue weighted by molar-refractivity contribution is 0.0766. The molecule has 1 fully saturated rings. The zero-order valence-corrected chi connectivity index (χ0v) is 13.6. The molecule has 0 radical (unpaired) electrons. The highest BCUT2D eigenvalue weighted by atomic mass is 16.2. The van der Waals surface area contributed by atoms with Crippen molar-refractivity contribution in [2.24, 2.45) is 11.5 Å². The molecule has 0 atom stereocenters. The molecule has 1 aromatic heterocycles. The Morgan fingerprint density at radius 1 is 1.22 bits per heavy atom. The number of carbonyl (C=O) groups excluding carboxylic acids is 1. The van der Waals surface area contributed by atoms with Crippen LogP contribution in [-0.4, -0.2) is 42.0 Å². The first-order valence-electron chi connectivity index (χ1n) is 8.26. The average Bonchev–Trinajstić information content (AvgIpc) is 3.38. The molecule has 5 nitrogen and oxygen atoms in total. The van der Waals surface area contributed by atoms with Crippen LogP contribution in [0.25, 0.3) is 10.9 Å². The molecule has 1 saturated carbocycles. The molecular weight excluding hydrogens is 288 g/mol. The predicted molar refractivity (Wildman–Crippen MR) is 92.5 cm³/mol. The van der Waals surface area contributed by atoms with Crippen molar-refractivity contribution in [3.05, 3.63) is 41.1 Å². The predicted octanol–water partition coefficient (Wildman–Crippen LogP) is 1.78. The number of amides is 1. The van der Waals surface area contributed by atoms with Crippen LogP contribution in [0, 0.1) is 6.92 Å². The molecule has 5 heteroatoms. The van der Waals surface area contributed by atoms with E-state index in [4.69, 9.17) is 16.5 Å². The number of nitrogens with zero attached hydrogens (tertiary/aromatic N) is 2. The van der Waals surface area contributed by atoms with E-state index in [2.05, 4.69) is 0 Å². The number of nitrogens with two attached hydrogens (primary N) is 2. The molecule has 23 heavy (non-hydrogen) atoms. The lowest BCUT2D eigenvalue weighted by atomic mass is 9.98. The van der Waals surface area contributed by atoms with Crippen LogP contribution >= 0.6 is 0 Å². The summed E-state index contributed by atoms with van der Waals surface area (Å²) in [5, 5.41) is 0.915. The topological polar surface area (TPSA) is 85.2 Å². The molecule has 0 spiro atoms. The van der Waals surface area contributed by atoms with Crippen molar-refractivity contribution in [3.8, 4) is 0 Å². The van der Waals surface area contributed by atoms with Gasteiger partial charge in [-0.25, -0.2) is 0 Å². The molecule has 1 aromatic carbocycles. The molecule has 3 rings (SSSR count). The summed E-state index contributed by atoms with van der Waals surface area (Å²) >= 11 is 0. The largest absolute Gasteiger partial charge is 0.336 e. The Morgan fingerprint density at radius 3 is 2.48 bits per heavy atom. The van der Waals surface area contributed by atoms with Crippen LogP contribution in [0.5, 0.6) is 0 Å². The van der Waals surface area contributed by atoms with Crippen LogP contribution in [0.3, 0.4) is 0 Å². The van der Waals surface area contributed by atoms with Gasteiger partial charge in [0.25, 0.3) is 5.91 Å². The highest BCUT2D eigenvalue weighted by Crippen LogP contribution is 2.42. The van der Waals surface area contributed by atoms with Crippen LogP contribution in [0.4, 0.5) is 0 Å². The summed E-state index contributed by atoms with van der Waals surface area (Å²) in [4.78, 5) is 19.7. The van der Waals surface area contributed by atoms with Crippen molar-refractivity contribution >= 4 is 16.8 Å². The summed E-state index contributed by atoms with van der Waals surface area (Å²) in [7, 11) is 0. The second kappa shape index (κ2) is 6.64. The second-order valence-corrected chi connectivity index (χ2v) is 6.16. The highest BCUT2D eigenvalue weighted by molar-refractivity contribution is 6.07. The lowest BCUT2D eigenvalue weighted by Gasteiger charge is -2.24. The van der Waals surface area contributed by atoms with E-state index in [1.165, 1.54) is 0 Å². The average molecular weight is 312 g/mol. The van der Waals surface area contributed by atoms with E-state index < -0.39 is 0 Å². The number of rotatable bonds is 6. The minimum absolute atomic E-state index is 0.0129. The Hall–Kier alpha value is -1.98. The van der Waals surface area contributed by atoms with E-state index in [1.54, 1.807) is 4.90 Å². The first-order chi connectivity index (χ1) is 11.2. The van der Waals surface area contributed by atoms with E-state index in [-0.39, 0.29) is 5.91 Å². The summed E-state index contributed by atoms with van der Waals surface area (Å²) < 4.78 is 0. The molecule has 0 aliphatic heterocycles. The monoisotopic (exact) mass is 312 g/mol. The molecule has 1 heterocycles. The van der Waals surface area contributed by atoms with E-state index in [0.29, 0.717) is 32.1 Å². The third-order valence-corrected chi connectivity index (χ3v) is 4.44. The zero-order chi connectivity index (χ0) is 16.4. The molecule has 1 aliphatic rings. The van der Waals surface area contributed by atoms with Gasteiger partial charge in [0, 0.05) is 43.2 Å². The number of pyridine rings is 1. The molecule has 0 saturated heterocycles. The number of aromatic nitrogens is 1. The van der Waals surface area contributed by atoms with Crippen LogP contribution in [0.1, 0.15) is 40.4 Å². The third-order valence-electron chi connectivity index (χ3n) is 4.44. The Balaban J connectivity index is 2.13. The van der Waals surface area contributed by atoms with E-state index in [0.717, 1.165) is 40.6 Å². The molecule has 4 N–H and O–H groups in total. The molecular formula is C18H24N4O. The Bertz CT molecular complexity index is 718. The third kappa shape index (κ3) is 3.07. The fourth-order valence-corrected chi connectivity index (χ4v) is 3.14. The van der Waals surface area contributed by atoms with E-state index >= 15 is 0 Å². The zero-order valence-electron chi connectivity index (χ0n) is 13.6. The van der Waals surface area contributed by atoms with Gasteiger partial charge in [-0.05, 0) is 31.4 Å².